The number of amides is 2. The molecule has 0 aromatic rings. The minimum absolute atomic E-state index is 0. The van der Waals surface area contributed by atoms with Crippen molar-refractivity contribution in [2.24, 2.45) is 5.92 Å². The number of hydrogen-bond donors (Lipinski definition) is 1. The topological polar surface area (TPSA) is 79.0 Å². The van der Waals surface area contributed by atoms with E-state index < -0.39 is 23.3 Å². The Balaban J connectivity index is 0.00000242. The summed E-state index contributed by atoms with van der Waals surface area (Å²) in [6, 6.07) is -0.584. The summed E-state index contributed by atoms with van der Waals surface area (Å²) in [6.07, 6.45) is 1.28. The fourth-order valence-electron chi connectivity index (χ4n) is 2.81. The number of fused-ring (bicyclic) bond motifs is 1. The molecule has 0 bridgehead atoms. The van der Waals surface area contributed by atoms with Gasteiger partial charge in [0.25, 0.3) is 5.91 Å². The van der Waals surface area contributed by atoms with E-state index in [1.54, 1.807) is 32.7 Å². The number of hydrazine groups is 1. The summed E-state index contributed by atoms with van der Waals surface area (Å²) in [5.41, 5.74) is -1.72. The molecule has 7 nitrogen and oxygen atoms in total. The van der Waals surface area contributed by atoms with Gasteiger partial charge in [0.1, 0.15) is 11.1 Å². The van der Waals surface area contributed by atoms with E-state index >= 15 is 0 Å². The molecule has 2 rings (SSSR count). The Morgan fingerprint density at radius 2 is 2.05 bits per heavy atom. The van der Waals surface area contributed by atoms with Gasteiger partial charge < -0.3 is 14.8 Å². The van der Waals surface area contributed by atoms with Gasteiger partial charge >= 0.3 is 38.8 Å². The molecular formula is C14H22N3O4Y+2. The predicted molar refractivity (Wildman–Crippen MR) is 74.8 cm³/mol. The third kappa shape index (κ3) is 3.68. The monoisotopic (exact) mass is 385 g/mol. The molecule has 0 aromatic carbocycles. The van der Waals surface area contributed by atoms with Crippen LogP contribution in [0, 0.1) is 5.92 Å². The molecule has 0 spiro atoms. The second kappa shape index (κ2) is 6.53. The van der Waals surface area contributed by atoms with Crippen molar-refractivity contribution in [3.05, 3.63) is 0 Å². The van der Waals surface area contributed by atoms with Crippen LogP contribution in [0.15, 0.2) is 0 Å². The number of ether oxygens (including phenoxy) is 1. The van der Waals surface area contributed by atoms with Crippen molar-refractivity contribution in [1.82, 2.24) is 15.3 Å². The van der Waals surface area contributed by atoms with Crippen LogP contribution < -0.4 is 5.32 Å². The van der Waals surface area contributed by atoms with Gasteiger partial charge in [-0.15, -0.1) is 0 Å². The van der Waals surface area contributed by atoms with Crippen LogP contribution in [0.1, 0.15) is 34.6 Å². The Hall–Kier alpha value is -0.526. The predicted octanol–water partition coefficient (Wildman–Crippen LogP) is 0.455. The Morgan fingerprint density at radius 1 is 1.45 bits per heavy atom. The van der Waals surface area contributed by atoms with Crippen molar-refractivity contribution < 1.29 is 51.8 Å². The summed E-state index contributed by atoms with van der Waals surface area (Å²) in [7, 11) is 0. The summed E-state index contributed by atoms with van der Waals surface area (Å²) >= 11 is 0. The van der Waals surface area contributed by atoms with Crippen molar-refractivity contribution in [2.75, 3.05) is 13.1 Å². The Morgan fingerprint density at radius 3 is 2.55 bits per heavy atom. The van der Waals surface area contributed by atoms with Crippen molar-refractivity contribution in [3.8, 4) is 0 Å². The molecule has 2 amide bonds. The van der Waals surface area contributed by atoms with Gasteiger partial charge in [-0.1, -0.05) is 6.92 Å². The largest absolute Gasteiger partial charge is 3.00 e. The van der Waals surface area contributed by atoms with Crippen molar-refractivity contribution in [3.63, 3.8) is 0 Å². The molecule has 1 N–H and O–H groups in total. The fourth-order valence-corrected chi connectivity index (χ4v) is 2.81. The Bertz CT molecular complexity index is 479. The molecule has 2 heterocycles. The third-order valence-corrected chi connectivity index (χ3v) is 3.68. The third-order valence-electron chi connectivity index (χ3n) is 3.68. The molecule has 0 radical (unpaired) electrons. The molecule has 118 valence electrons. The SMILES string of the molecule is CC1CN2CC(C)(NC(=O)OC(C)(C)C)C(=O)N2C1[C-]=O.[Y+3]. The number of carbonyl (C=O) groups excluding carboxylic acids is 3. The Labute approximate surface area is 155 Å². The molecule has 8 heteroatoms. The molecule has 2 saturated heterocycles. The smallest absolute Gasteiger partial charge is 0.540 e. The summed E-state index contributed by atoms with van der Waals surface area (Å²) in [6.45, 7) is 9.74. The first-order valence-electron chi connectivity index (χ1n) is 7.05. The van der Waals surface area contributed by atoms with E-state index in [0.717, 1.165) is 0 Å². The van der Waals surface area contributed by atoms with Gasteiger partial charge in [-0.25, -0.2) is 16.1 Å². The molecule has 0 aliphatic carbocycles. The fraction of sp³-hybridized carbons (Fsp3) is 0.786. The van der Waals surface area contributed by atoms with E-state index in [4.69, 9.17) is 4.74 Å². The maximum Gasteiger partial charge on any atom is 3.00 e. The summed E-state index contributed by atoms with van der Waals surface area (Å²) in [5.74, 6) is -0.261. The second-order valence-corrected chi connectivity index (χ2v) is 7.00. The minimum atomic E-state index is -1.09. The van der Waals surface area contributed by atoms with E-state index in [9.17, 15) is 14.4 Å². The molecule has 22 heavy (non-hydrogen) atoms. The second-order valence-electron chi connectivity index (χ2n) is 7.00. The zero-order valence-corrected chi connectivity index (χ0v) is 16.5. The van der Waals surface area contributed by atoms with E-state index in [2.05, 4.69) is 5.32 Å². The van der Waals surface area contributed by atoms with Crippen LogP contribution in [0.4, 0.5) is 4.79 Å². The molecule has 3 atom stereocenters. The van der Waals surface area contributed by atoms with Crippen LogP contribution >= 0.6 is 0 Å². The van der Waals surface area contributed by atoms with Crippen LogP contribution in [0.5, 0.6) is 0 Å². The zero-order valence-electron chi connectivity index (χ0n) is 13.7. The van der Waals surface area contributed by atoms with E-state index in [1.165, 1.54) is 5.01 Å². The molecule has 0 aromatic heterocycles. The molecule has 2 aliphatic heterocycles. The zero-order chi connectivity index (χ0) is 16.0. The normalized spacial score (nSPS) is 31.5. The van der Waals surface area contributed by atoms with Gasteiger partial charge in [-0.05, 0) is 39.7 Å². The number of nitrogens with one attached hydrogen (secondary N) is 1. The average Bonchev–Trinajstić information content (AvgIpc) is 2.70. The number of hydrogen-bond acceptors (Lipinski definition) is 5. The first kappa shape index (κ1) is 19.5. The van der Waals surface area contributed by atoms with Crippen LogP contribution in [0.2, 0.25) is 0 Å². The molecule has 2 fully saturated rings. The molecule has 2 aliphatic rings. The summed E-state index contributed by atoms with van der Waals surface area (Å²) in [4.78, 5) is 35.5. The first-order valence-corrected chi connectivity index (χ1v) is 7.05. The maximum absolute atomic E-state index is 12.6. The molecule has 0 saturated carbocycles. The van der Waals surface area contributed by atoms with Crippen LogP contribution in [-0.2, 0) is 47.0 Å². The average molecular weight is 385 g/mol. The standard InChI is InChI=1S/C14H22N3O4.Y/c1-9-6-16-8-14(5,11(19)17(16)10(9)7-18)15-12(20)21-13(2,3)4;/h9-10H,6,8H2,1-5H3,(H,15,20);/q-1;+3. The number of carbonyl (C=O) groups is 2. The number of rotatable bonds is 2. The van der Waals surface area contributed by atoms with Gasteiger partial charge in [-0.3, -0.25) is 9.80 Å². The van der Waals surface area contributed by atoms with Gasteiger partial charge in [0.05, 0.1) is 6.54 Å². The quantitative estimate of drug-likeness (QED) is 0.699. The van der Waals surface area contributed by atoms with Gasteiger partial charge in [0.2, 0.25) is 0 Å². The first-order chi connectivity index (χ1) is 9.57. The molecular weight excluding hydrogens is 363 g/mol. The summed E-state index contributed by atoms with van der Waals surface area (Å²) < 4.78 is 5.19. The summed E-state index contributed by atoms with van der Waals surface area (Å²) in [5, 5.41) is 5.83. The number of alkyl carbamates (subject to hydrolysis) is 1. The van der Waals surface area contributed by atoms with Crippen molar-refractivity contribution in [1.29, 1.82) is 0 Å². The van der Waals surface area contributed by atoms with Crippen LogP contribution in [0.3, 0.4) is 0 Å². The van der Waals surface area contributed by atoms with E-state index in [0.29, 0.717) is 13.1 Å². The molecule has 3 unspecified atom stereocenters. The van der Waals surface area contributed by atoms with Crippen molar-refractivity contribution in [2.45, 2.75) is 51.8 Å². The van der Waals surface area contributed by atoms with Gasteiger partial charge in [0.15, 0.2) is 0 Å². The number of nitrogens with zero attached hydrogens (tertiary/aromatic N) is 2. The van der Waals surface area contributed by atoms with Crippen LogP contribution in [0.25, 0.3) is 0 Å². The van der Waals surface area contributed by atoms with Crippen molar-refractivity contribution >= 4 is 18.3 Å². The van der Waals surface area contributed by atoms with Gasteiger partial charge in [0, 0.05) is 6.54 Å². The van der Waals surface area contributed by atoms with Gasteiger partial charge in [-0.2, -0.15) is 0 Å². The van der Waals surface area contributed by atoms with E-state index in [1.807, 2.05) is 13.2 Å². The maximum atomic E-state index is 12.6. The van der Waals surface area contributed by atoms with Crippen LogP contribution in [-0.4, -0.2) is 58.6 Å². The minimum Gasteiger partial charge on any atom is -0.540 e. The Kier molecular flexibility index (Phi) is 5.80. The van der Waals surface area contributed by atoms with E-state index in [-0.39, 0.29) is 44.5 Å².